The number of esters is 2. The van der Waals surface area contributed by atoms with Crippen LogP contribution in [-0.2, 0) is 19.1 Å². The number of para-hydroxylation sites is 1. The van der Waals surface area contributed by atoms with Gasteiger partial charge in [-0.3, -0.25) is 0 Å². The Labute approximate surface area is 129 Å². The number of hydrogen-bond donors (Lipinski definition) is 0. The van der Waals surface area contributed by atoms with Crippen LogP contribution in [0.15, 0.2) is 52.8 Å². The summed E-state index contributed by atoms with van der Waals surface area (Å²) in [7, 11) is 2.58. The molecule has 0 fully saturated rings. The molecule has 2 rings (SSSR count). The van der Waals surface area contributed by atoms with E-state index in [0.29, 0.717) is 23.5 Å². The van der Waals surface area contributed by atoms with Crippen molar-refractivity contribution in [3.05, 3.63) is 52.8 Å². The van der Waals surface area contributed by atoms with Gasteiger partial charge >= 0.3 is 11.9 Å². The van der Waals surface area contributed by atoms with Crippen LogP contribution in [0.2, 0.25) is 0 Å². The largest absolute Gasteiger partial charge is 0.466 e. The first-order chi connectivity index (χ1) is 10.6. The zero-order valence-corrected chi connectivity index (χ0v) is 12.8. The minimum Gasteiger partial charge on any atom is -0.466 e. The number of hydrogen-bond acceptors (Lipinski definition) is 5. The molecule has 1 aromatic carbocycles. The van der Waals surface area contributed by atoms with E-state index in [-0.39, 0.29) is 12.0 Å². The van der Waals surface area contributed by atoms with Crippen molar-refractivity contribution in [3.63, 3.8) is 0 Å². The lowest BCUT2D eigenvalue weighted by atomic mass is 9.90. The molecule has 1 aliphatic carbocycles. The molecule has 22 heavy (non-hydrogen) atoms. The summed E-state index contributed by atoms with van der Waals surface area (Å²) in [5.41, 5.74) is 1.50. The highest BCUT2D eigenvalue weighted by Gasteiger charge is 2.29. The van der Waals surface area contributed by atoms with E-state index in [9.17, 15) is 9.59 Å². The quantitative estimate of drug-likeness (QED) is 0.800. The maximum atomic E-state index is 11.9. The summed E-state index contributed by atoms with van der Waals surface area (Å²) >= 11 is 0. The fraction of sp³-hybridized carbons (Fsp3) is 0.294. The molecule has 1 aliphatic rings. The lowest BCUT2D eigenvalue weighted by molar-refractivity contribution is -0.139. The summed E-state index contributed by atoms with van der Waals surface area (Å²) in [4.78, 5) is 23.8. The van der Waals surface area contributed by atoms with E-state index in [1.807, 2.05) is 37.3 Å². The minimum atomic E-state index is -0.540. The normalized spacial score (nSPS) is 14.7. The number of ether oxygens (including phenoxy) is 3. The third-order valence-corrected chi connectivity index (χ3v) is 3.47. The summed E-state index contributed by atoms with van der Waals surface area (Å²) in [6.07, 6.45) is 0.511. The van der Waals surface area contributed by atoms with Gasteiger partial charge in [-0.15, -0.1) is 0 Å². The Morgan fingerprint density at radius 1 is 0.909 bits per heavy atom. The van der Waals surface area contributed by atoms with Gasteiger partial charge in [0.25, 0.3) is 0 Å². The monoisotopic (exact) mass is 302 g/mol. The van der Waals surface area contributed by atoms with E-state index in [1.54, 1.807) is 0 Å². The second-order valence-electron chi connectivity index (χ2n) is 4.91. The van der Waals surface area contributed by atoms with Crippen LogP contribution in [0.4, 0.5) is 0 Å². The van der Waals surface area contributed by atoms with Gasteiger partial charge in [0.15, 0.2) is 0 Å². The van der Waals surface area contributed by atoms with Crippen LogP contribution in [0.1, 0.15) is 19.8 Å². The molecule has 0 heterocycles. The molecule has 0 spiro atoms. The molecule has 0 amide bonds. The number of carbonyl (C=O) groups excluding carboxylic acids is 2. The molecule has 116 valence electrons. The summed E-state index contributed by atoms with van der Waals surface area (Å²) in [5, 5.41) is 0. The first-order valence-electron chi connectivity index (χ1n) is 6.87. The first-order valence-corrected chi connectivity index (χ1v) is 6.87. The van der Waals surface area contributed by atoms with Gasteiger partial charge in [0.2, 0.25) is 0 Å². The smallest absolute Gasteiger partial charge is 0.334 e. The number of carbonyl (C=O) groups is 2. The fourth-order valence-electron chi connectivity index (χ4n) is 2.28. The Kier molecular flexibility index (Phi) is 4.99. The van der Waals surface area contributed by atoms with Crippen molar-refractivity contribution in [2.75, 3.05) is 14.2 Å². The Morgan fingerprint density at radius 2 is 1.45 bits per heavy atom. The van der Waals surface area contributed by atoms with Crippen LogP contribution in [0.25, 0.3) is 0 Å². The number of rotatable bonds is 4. The SMILES string of the molecule is COC(=O)C1=C(C(=O)OC)CC(Oc2ccccc2)=C(C)C1. The summed E-state index contributed by atoms with van der Waals surface area (Å²) in [6, 6.07) is 9.29. The number of benzene rings is 1. The van der Waals surface area contributed by atoms with Crippen molar-refractivity contribution < 1.29 is 23.8 Å². The van der Waals surface area contributed by atoms with E-state index >= 15 is 0 Å². The van der Waals surface area contributed by atoms with E-state index in [0.717, 1.165) is 5.57 Å². The van der Waals surface area contributed by atoms with Gasteiger partial charge in [0.05, 0.1) is 25.4 Å². The molecule has 5 heteroatoms. The van der Waals surface area contributed by atoms with E-state index in [4.69, 9.17) is 14.2 Å². The molecule has 0 saturated carbocycles. The molecular weight excluding hydrogens is 284 g/mol. The van der Waals surface area contributed by atoms with Crippen molar-refractivity contribution in [2.45, 2.75) is 19.8 Å². The van der Waals surface area contributed by atoms with E-state index in [1.165, 1.54) is 14.2 Å². The van der Waals surface area contributed by atoms with E-state index in [2.05, 4.69) is 0 Å². The van der Waals surface area contributed by atoms with Crippen molar-refractivity contribution in [3.8, 4) is 5.75 Å². The van der Waals surface area contributed by atoms with Gasteiger partial charge in [-0.25, -0.2) is 9.59 Å². The molecule has 0 saturated heterocycles. The summed E-state index contributed by atoms with van der Waals surface area (Å²) in [6.45, 7) is 1.87. The zero-order chi connectivity index (χ0) is 16.1. The van der Waals surface area contributed by atoms with Gasteiger partial charge in [-0.05, 0) is 24.6 Å². The van der Waals surface area contributed by atoms with Crippen LogP contribution >= 0.6 is 0 Å². The molecule has 0 aromatic heterocycles. The molecule has 0 N–H and O–H groups in total. The molecule has 0 radical (unpaired) electrons. The van der Waals surface area contributed by atoms with Crippen molar-refractivity contribution in [1.82, 2.24) is 0 Å². The molecule has 1 aromatic rings. The van der Waals surface area contributed by atoms with Crippen molar-refractivity contribution in [1.29, 1.82) is 0 Å². The lowest BCUT2D eigenvalue weighted by Gasteiger charge is -2.22. The Morgan fingerprint density at radius 3 is 2.00 bits per heavy atom. The topological polar surface area (TPSA) is 61.8 Å². The Hall–Kier alpha value is -2.56. The number of allylic oxidation sites excluding steroid dienone is 2. The highest BCUT2D eigenvalue weighted by molar-refractivity contribution is 6.01. The first kappa shape index (κ1) is 15.8. The van der Waals surface area contributed by atoms with Gasteiger partial charge < -0.3 is 14.2 Å². The maximum Gasteiger partial charge on any atom is 0.334 e. The molecule has 5 nitrogen and oxygen atoms in total. The third-order valence-electron chi connectivity index (χ3n) is 3.47. The molecule has 0 unspecified atom stereocenters. The lowest BCUT2D eigenvalue weighted by Crippen LogP contribution is -2.20. The average molecular weight is 302 g/mol. The molecule has 0 atom stereocenters. The number of methoxy groups -OCH3 is 2. The van der Waals surface area contributed by atoms with Crippen LogP contribution in [0.3, 0.4) is 0 Å². The van der Waals surface area contributed by atoms with Crippen LogP contribution < -0.4 is 4.74 Å². The zero-order valence-electron chi connectivity index (χ0n) is 12.8. The third kappa shape index (κ3) is 3.36. The summed E-state index contributed by atoms with van der Waals surface area (Å²) in [5.74, 6) is 0.280. The van der Waals surface area contributed by atoms with Crippen LogP contribution in [0, 0.1) is 0 Å². The van der Waals surface area contributed by atoms with Gasteiger partial charge in [-0.2, -0.15) is 0 Å². The van der Waals surface area contributed by atoms with Crippen molar-refractivity contribution >= 4 is 11.9 Å². The van der Waals surface area contributed by atoms with Gasteiger partial charge in [-0.1, -0.05) is 18.2 Å². The standard InChI is InChI=1S/C17H18O5/c1-11-9-13(16(18)20-2)14(17(19)21-3)10-15(11)22-12-7-5-4-6-8-12/h4-8H,9-10H2,1-3H3. The Bertz CT molecular complexity index is 640. The minimum absolute atomic E-state index is 0.206. The highest BCUT2D eigenvalue weighted by Crippen LogP contribution is 2.32. The van der Waals surface area contributed by atoms with Gasteiger partial charge in [0, 0.05) is 12.8 Å². The average Bonchev–Trinajstić information content (AvgIpc) is 2.55. The predicted octanol–water partition coefficient (Wildman–Crippen LogP) is 2.78. The Balaban J connectivity index is 2.29. The highest BCUT2D eigenvalue weighted by atomic mass is 16.5. The second-order valence-corrected chi connectivity index (χ2v) is 4.91. The molecule has 0 bridgehead atoms. The van der Waals surface area contributed by atoms with Gasteiger partial charge in [0.1, 0.15) is 11.5 Å². The van der Waals surface area contributed by atoms with E-state index < -0.39 is 11.9 Å². The maximum absolute atomic E-state index is 11.9. The molecule has 0 aliphatic heterocycles. The van der Waals surface area contributed by atoms with Crippen LogP contribution in [-0.4, -0.2) is 26.2 Å². The molecular formula is C17H18O5. The second kappa shape index (κ2) is 6.93. The van der Waals surface area contributed by atoms with Crippen molar-refractivity contribution in [2.24, 2.45) is 0 Å². The summed E-state index contributed by atoms with van der Waals surface area (Å²) < 4.78 is 15.4. The predicted molar refractivity (Wildman–Crippen MR) is 80.1 cm³/mol. The fourth-order valence-corrected chi connectivity index (χ4v) is 2.28. The van der Waals surface area contributed by atoms with Crippen LogP contribution in [0.5, 0.6) is 5.75 Å².